The molecule has 2 fully saturated rings. The van der Waals surface area contributed by atoms with Crippen molar-refractivity contribution in [2.75, 3.05) is 25.1 Å². The minimum atomic E-state index is -3.40. The molecule has 3 atom stereocenters. The molecule has 2 amide bonds. The van der Waals surface area contributed by atoms with Gasteiger partial charge in [-0.2, -0.15) is 0 Å². The Morgan fingerprint density at radius 3 is 2.32 bits per heavy atom. The number of piperidine rings is 1. The lowest BCUT2D eigenvalue weighted by molar-refractivity contribution is -0.129. The Hall–Kier alpha value is -2.71. The molecule has 2 bridgehead atoms. The standard InChI is InChI=1S/C26H33N3O4S/c1-34(32,33)18-25(30)28(17-19-6-3-2-4-7-19)12-13-29-23-10-11-24(29)16-22(15-23)20-8-5-9-21(14-20)26(27)31/h2-9,14,22-24H,10-13,15-18H2,1H3,(H2,27,31)/t22-,23+,24-. The van der Waals surface area contributed by atoms with Crippen LogP contribution in [0.2, 0.25) is 0 Å². The molecule has 182 valence electrons. The summed E-state index contributed by atoms with van der Waals surface area (Å²) >= 11 is 0. The molecule has 34 heavy (non-hydrogen) atoms. The average molecular weight is 484 g/mol. The van der Waals surface area contributed by atoms with Crippen LogP contribution in [0.5, 0.6) is 0 Å². The lowest BCUT2D eigenvalue weighted by Crippen LogP contribution is -2.47. The van der Waals surface area contributed by atoms with E-state index in [2.05, 4.69) is 11.0 Å². The summed E-state index contributed by atoms with van der Waals surface area (Å²) in [4.78, 5) is 28.6. The number of carbonyl (C=O) groups excluding carboxylic acids is 2. The Morgan fingerprint density at radius 1 is 1.03 bits per heavy atom. The highest BCUT2D eigenvalue weighted by atomic mass is 32.2. The van der Waals surface area contributed by atoms with Gasteiger partial charge in [-0.15, -0.1) is 0 Å². The molecule has 2 saturated heterocycles. The quantitative estimate of drug-likeness (QED) is 0.591. The predicted molar refractivity (Wildman–Crippen MR) is 132 cm³/mol. The normalized spacial score (nSPS) is 22.4. The number of nitrogens with two attached hydrogens (primary N) is 1. The van der Waals surface area contributed by atoms with Crippen molar-refractivity contribution in [2.24, 2.45) is 5.73 Å². The lowest BCUT2D eigenvalue weighted by Gasteiger charge is -2.40. The summed E-state index contributed by atoms with van der Waals surface area (Å²) in [6.45, 7) is 1.63. The molecule has 4 rings (SSSR count). The fourth-order valence-electron chi connectivity index (χ4n) is 5.50. The smallest absolute Gasteiger partial charge is 0.248 e. The van der Waals surface area contributed by atoms with Crippen LogP contribution in [0.3, 0.4) is 0 Å². The number of hydrogen-bond acceptors (Lipinski definition) is 5. The van der Waals surface area contributed by atoms with Crippen LogP contribution in [-0.4, -0.2) is 67.2 Å². The van der Waals surface area contributed by atoms with Crippen LogP contribution in [-0.2, 0) is 21.2 Å². The number of amides is 2. The van der Waals surface area contributed by atoms with Crippen molar-refractivity contribution < 1.29 is 18.0 Å². The van der Waals surface area contributed by atoms with Crippen LogP contribution in [0.1, 0.15) is 53.1 Å². The van der Waals surface area contributed by atoms with Gasteiger partial charge < -0.3 is 10.6 Å². The first kappa shape index (κ1) is 24.4. The van der Waals surface area contributed by atoms with E-state index in [9.17, 15) is 18.0 Å². The molecule has 7 nitrogen and oxygen atoms in total. The first-order valence-electron chi connectivity index (χ1n) is 11.8. The van der Waals surface area contributed by atoms with E-state index in [-0.39, 0.29) is 5.91 Å². The number of benzene rings is 2. The molecular weight excluding hydrogens is 450 g/mol. The largest absolute Gasteiger partial charge is 0.366 e. The fourth-order valence-corrected chi connectivity index (χ4v) is 6.14. The Kier molecular flexibility index (Phi) is 7.38. The second-order valence-electron chi connectivity index (χ2n) is 9.65. The summed E-state index contributed by atoms with van der Waals surface area (Å²) in [5, 5.41) is 0. The van der Waals surface area contributed by atoms with Gasteiger partial charge in [-0.25, -0.2) is 8.42 Å². The summed E-state index contributed by atoms with van der Waals surface area (Å²) in [5.41, 5.74) is 8.17. The van der Waals surface area contributed by atoms with Crippen molar-refractivity contribution in [3.05, 3.63) is 71.3 Å². The minimum absolute atomic E-state index is 0.350. The first-order chi connectivity index (χ1) is 16.2. The van der Waals surface area contributed by atoms with E-state index in [1.165, 1.54) is 5.56 Å². The zero-order valence-electron chi connectivity index (χ0n) is 19.6. The maximum Gasteiger partial charge on any atom is 0.248 e. The van der Waals surface area contributed by atoms with Gasteiger partial charge in [0.2, 0.25) is 11.8 Å². The zero-order valence-corrected chi connectivity index (χ0v) is 20.4. The van der Waals surface area contributed by atoms with Crippen molar-refractivity contribution >= 4 is 21.7 Å². The highest BCUT2D eigenvalue weighted by molar-refractivity contribution is 7.91. The number of rotatable bonds is 9. The number of sulfone groups is 1. The van der Waals surface area contributed by atoms with Crippen LogP contribution in [0, 0.1) is 0 Å². The van der Waals surface area contributed by atoms with Gasteiger partial charge in [0.1, 0.15) is 5.75 Å². The van der Waals surface area contributed by atoms with E-state index in [4.69, 9.17) is 5.73 Å². The van der Waals surface area contributed by atoms with E-state index in [1.807, 2.05) is 42.5 Å². The Bertz CT molecular complexity index is 1120. The summed E-state index contributed by atoms with van der Waals surface area (Å²) in [7, 11) is -3.40. The lowest BCUT2D eigenvalue weighted by atomic mass is 9.84. The molecule has 0 unspecified atom stereocenters. The molecule has 2 aliphatic heterocycles. The molecule has 0 aliphatic carbocycles. The molecule has 0 spiro atoms. The van der Waals surface area contributed by atoms with E-state index < -0.39 is 21.5 Å². The second-order valence-corrected chi connectivity index (χ2v) is 11.8. The molecule has 2 aromatic carbocycles. The Morgan fingerprint density at radius 2 is 1.71 bits per heavy atom. The van der Waals surface area contributed by atoms with Crippen molar-refractivity contribution in [1.29, 1.82) is 0 Å². The molecular formula is C26H33N3O4S. The van der Waals surface area contributed by atoms with E-state index in [0.29, 0.717) is 36.7 Å². The summed E-state index contributed by atoms with van der Waals surface area (Å²) < 4.78 is 23.5. The average Bonchev–Trinajstić information content (AvgIpc) is 3.02. The van der Waals surface area contributed by atoms with Gasteiger partial charge in [-0.1, -0.05) is 42.5 Å². The minimum Gasteiger partial charge on any atom is -0.366 e. The topological polar surface area (TPSA) is 101 Å². The number of primary amides is 1. The van der Waals surface area contributed by atoms with Crippen LogP contribution < -0.4 is 5.73 Å². The van der Waals surface area contributed by atoms with Gasteiger partial charge in [-0.05, 0) is 54.9 Å². The summed E-state index contributed by atoms with van der Waals surface area (Å²) in [6, 6.07) is 18.2. The van der Waals surface area contributed by atoms with Gasteiger partial charge in [0.15, 0.2) is 9.84 Å². The fraction of sp³-hybridized carbons (Fsp3) is 0.462. The molecule has 2 aliphatic rings. The van der Waals surface area contributed by atoms with E-state index in [1.54, 1.807) is 11.0 Å². The third kappa shape index (κ3) is 6.04. The first-order valence-corrected chi connectivity index (χ1v) is 13.9. The highest BCUT2D eigenvalue weighted by Crippen LogP contribution is 2.43. The molecule has 0 radical (unpaired) electrons. The summed E-state index contributed by atoms with van der Waals surface area (Å²) in [5.74, 6) is -0.831. The third-order valence-corrected chi connectivity index (χ3v) is 7.88. The second kappa shape index (κ2) is 10.3. The molecule has 2 N–H and O–H groups in total. The van der Waals surface area contributed by atoms with Crippen LogP contribution in [0.25, 0.3) is 0 Å². The maximum absolute atomic E-state index is 12.8. The van der Waals surface area contributed by atoms with Gasteiger partial charge in [0.25, 0.3) is 0 Å². The molecule has 0 saturated carbocycles. The van der Waals surface area contributed by atoms with Gasteiger partial charge >= 0.3 is 0 Å². The number of nitrogens with zero attached hydrogens (tertiary/aromatic N) is 2. The highest BCUT2D eigenvalue weighted by Gasteiger charge is 2.41. The maximum atomic E-state index is 12.8. The molecule has 0 aromatic heterocycles. The van der Waals surface area contributed by atoms with E-state index in [0.717, 1.165) is 44.0 Å². The zero-order chi connectivity index (χ0) is 24.3. The van der Waals surface area contributed by atoms with Crippen molar-refractivity contribution in [2.45, 2.75) is 50.2 Å². The van der Waals surface area contributed by atoms with Crippen molar-refractivity contribution in [1.82, 2.24) is 9.80 Å². The van der Waals surface area contributed by atoms with Gasteiger partial charge in [0, 0.05) is 43.5 Å². The monoisotopic (exact) mass is 483 g/mol. The van der Waals surface area contributed by atoms with Crippen LogP contribution in [0.4, 0.5) is 0 Å². The van der Waals surface area contributed by atoms with Gasteiger partial charge in [-0.3, -0.25) is 14.5 Å². The number of hydrogen-bond donors (Lipinski definition) is 1. The molecule has 8 heteroatoms. The summed E-state index contributed by atoms with van der Waals surface area (Å²) in [6.07, 6.45) is 5.35. The number of fused-ring (bicyclic) bond motifs is 2. The van der Waals surface area contributed by atoms with Crippen molar-refractivity contribution in [3.8, 4) is 0 Å². The number of carbonyl (C=O) groups is 2. The SMILES string of the molecule is CS(=O)(=O)CC(=O)N(CCN1[C@@H]2CC[C@H]1C[C@@H](c1cccc(C(N)=O)c1)C2)Cc1ccccc1. The Balaban J connectivity index is 1.42. The van der Waals surface area contributed by atoms with Crippen LogP contribution >= 0.6 is 0 Å². The van der Waals surface area contributed by atoms with Crippen LogP contribution in [0.15, 0.2) is 54.6 Å². The molecule has 2 heterocycles. The van der Waals surface area contributed by atoms with Crippen molar-refractivity contribution in [3.63, 3.8) is 0 Å². The van der Waals surface area contributed by atoms with E-state index >= 15 is 0 Å². The van der Waals surface area contributed by atoms with Gasteiger partial charge in [0.05, 0.1) is 0 Å². The molecule has 2 aromatic rings. The third-order valence-electron chi connectivity index (χ3n) is 7.11. The Labute approximate surface area is 201 Å². The predicted octanol–water partition coefficient (Wildman–Crippen LogP) is 2.57.